The second-order valence-corrected chi connectivity index (χ2v) is 11.4. The maximum atomic E-state index is 13.2. The number of aryl methyl sites for hydroxylation is 1. The molecule has 0 amide bonds. The number of aromatic amines is 1. The third kappa shape index (κ3) is 4.33. The molecule has 0 spiro atoms. The topological polar surface area (TPSA) is 114 Å². The number of hydrogen-bond donors (Lipinski definition) is 2. The molecule has 4 aliphatic carbocycles. The van der Waals surface area contributed by atoms with Crippen LogP contribution >= 0.6 is 0 Å². The number of aromatic nitrogens is 2. The van der Waals surface area contributed by atoms with Crippen molar-refractivity contribution in [2.75, 3.05) is 6.54 Å². The van der Waals surface area contributed by atoms with Crippen molar-refractivity contribution in [1.29, 1.82) is 0 Å². The normalized spacial score (nSPS) is 27.1. The first-order valence-corrected chi connectivity index (χ1v) is 13.2. The van der Waals surface area contributed by atoms with Crippen molar-refractivity contribution in [3.8, 4) is 5.69 Å². The molecule has 1 atom stereocenters. The van der Waals surface area contributed by atoms with Crippen LogP contribution in [0.3, 0.4) is 0 Å². The number of rotatable bonds is 7. The van der Waals surface area contributed by atoms with Crippen molar-refractivity contribution in [3.05, 3.63) is 91.4 Å². The molecule has 4 saturated carbocycles. The molecule has 4 bridgehead atoms. The molecule has 2 N–H and O–H groups in total. The third-order valence-electron chi connectivity index (χ3n) is 8.88. The number of aliphatic hydroxyl groups is 1. The van der Waals surface area contributed by atoms with Gasteiger partial charge in [-0.25, -0.2) is 4.68 Å². The summed E-state index contributed by atoms with van der Waals surface area (Å²) in [6, 6.07) is 14.3. The summed E-state index contributed by atoms with van der Waals surface area (Å²) < 4.78 is 1.55. The van der Waals surface area contributed by atoms with Crippen LogP contribution in [0.2, 0.25) is 0 Å². The molecule has 1 heterocycles. The van der Waals surface area contributed by atoms with E-state index in [1.807, 2.05) is 19.1 Å². The first-order chi connectivity index (χ1) is 17.8. The Morgan fingerprint density at radius 3 is 2.24 bits per heavy atom. The van der Waals surface area contributed by atoms with Gasteiger partial charge in [-0.15, -0.1) is 0 Å². The molecule has 7 rings (SSSR count). The summed E-state index contributed by atoms with van der Waals surface area (Å²) in [6.45, 7) is 1.87. The van der Waals surface area contributed by atoms with Gasteiger partial charge in [0.1, 0.15) is 0 Å². The van der Waals surface area contributed by atoms with Crippen LogP contribution in [0, 0.1) is 34.8 Å². The Morgan fingerprint density at radius 2 is 1.68 bits per heavy atom. The minimum Gasteiger partial charge on any atom is -0.386 e. The maximum absolute atomic E-state index is 13.2. The number of nitrogens with zero attached hydrogens (tertiary/aromatic N) is 3. The van der Waals surface area contributed by atoms with Crippen molar-refractivity contribution < 1.29 is 10.0 Å². The molecule has 1 aromatic heterocycles. The van der Waals surface area contributed by atoms with Gasteiger partial charge in [-0.05, 0) is 104 Å². The number of aliphatic hydroxyl groups excluding tert-OH is 1. The SMILES string of the molecule is Cc1[nH]n(-c2ccc(C34CC5CC(CC(C5)C3)C4)cc2)c(=O)c1C=NC[C@H](O)c1ccc([N+](=O)[O-])cc1. The van der Waals surface area contributed by atoms with Crippen LogP contribution in [0.1, 0.15) is 67.0 Å². The van der Waals surface area contributed by atoms with E-state index in [0.717, 1.165) is 23.4 Å². The van der Waals surface area contributed by atoms with Crippen LogP contribution in [-0.2, 0) is 5.41 Å². The fraction of sp³-hybridized carbons (Fsp3) is 0.448. The van der Waals surface area contributed by atoms with Gasteiger partial charge in [0.2, 0.25) is 0 Å². The number of nitrogens with one attached hydrogen (secondary N) is 1. The van der Waals surface area contributed by atoms with E-state index in [9.17, 15) is 20.0 Å². The van der Waals surface area contributed by atoms with Crippen molar-refractivity contribution in [2.45, 2.75) is 57.0 Å². The van der Waals surface area contributed by atoms with Gasteiger partial charge in [0.15, 0.2) is 0 Å². The van der Waals surface area contributed by atoms with E-state index in [2.05, 4.69) is 22.2 Å². The Balaban J connectivity index is 1.17. The number of H-pyrrole nitrogens is 1. The molecule has 4 aliphatic rings. The number of nitro groups is 1. The molecule has 0 radical (unpaired) electrons. The summed E-state index contributed by atoms with van der Waals surface area (Å²) in [7, 11) is 0. The van der Waals surface area contributed by atoms with Crippen LogP contribution in [-0.4, -0.2) is 32.6 Å². The largest absolute Gasteiger partial charge is 0.386 e. The molecule has 0 unspecified atom stereocenters. The highest BCUT2D eigenvalue weighted by Crippen LogP contribution is 2.60. The predicted octanol–water partition coefficient (Wildman–Crippen LogP) is 5.00. The summed E-state index contributed by atoms with van der Waals surface area (Å²) in [5, 5.41) is 24.4. The van der Waals surface area contributed by atoms with Gasteiger partial charge in [-0.1, -0.05) is 12.1 Å². The van der Waals surface area contributed by atoms with Crippen LogP contribution in [0.4, 0.5) is 5.69 Å². The lowest BCUT2D eigenvalue weighted by molar-refractivity contribution is -0.384. The molecule has 2 aromatic carbocycles. The maximum Gasteiger partial charge on any atom is 0.280 e. The average Bonchev–Trinajstić information content (AvgIpc) is 3.16. The molecule has 8 heteroatoms. The van der Waals surface area contributed by atoms with E-state index in [4.69, 9.17) is 0 Å². The van der Waals surface area contributed by atoms with Gasteiger partial charge in [0.05, 0.1) is 28.8 Å². The smallest absolute Gasteiger partial charge is 0.280 e. The zero-order valence-corrected chi connectivity index (χ0v) is 21.0. The monoisotopic (exact) mass is 500 g/mol. The molecule has 3 aromatic rings. The van der Waals surface area contributed by atoms with Gasteiger partial charge in [-0.2, -0.15) is 0 Å². The van der Waals surface area contributed by atoms with Crippen LogP contribution < -0.4 is 5.56 Å². The van der Waals surface area contributed by atoms with Crippen molar-refractivity contribution in [1.82, 2.24) is 9.78 Å². The highest BCUT2D eigenvalue weighted by molar-refractivity contribution is 5.80. The van der Waals surface area contributed by atoms with Crippen molar-refractivity contribution in [3.63, 3.8) is 0 Å². The van der Waals surface area contributed by atoms with Gasteiger partial charge in [0, 0.05) is 24.0 Å². The Morgan fingerprint density at radius 1 is 1.08 bits per heavy atom. The van der Waals surface area contributed by atoms with E-state index in [1.54, 1.807) is 4.68 Å². The first kappa shape index (κ1) is 23.9. The molecule has 4 fully saturated rings. The van der Waals surface area contributed by atoms with Crippen molar-refractivity contribution in [2.24, 2.45) is 22.7 Å². The number of nitro benzene ring substituents is 1. The Bertz CT molecular complexity index is 1370. The summed E-state index contributed by atoms with van der Waals surface area (Å²) >= 11 is 0. The zero-order valence-electron chi connectivity index (χ0n) is 21.0. The Hall–Kier alpha value is -3.52. The van der Waals surface area contributed by atoms with E-state index >= 15 is 0 Å². The summed E-state index contributed by atoms with van der Waals surface area (Å²) in [6.07, 6.45) is 8.76. The Labute approximate surface area is 215 Å². The van der Waals surface area contributed by atoms with E-state index in [0.29, 0.717) is 22.2 Å². The Kier molecular flexibility index (Phi) is 5.87. The van der Waals surface area contributed by atoms with E-state index in [-0.39, 0.29) is 17.8 Å². The lowest BCUT2D eigenvalue weighted by Gasteiger charge is -2.57. The summed E-state index contributed by atoms with van der Waals surface area (Å²) in [4.78, 5) is 27.8. The zero-order chi connectivity index (χ0) is 25.7. The summed E-state index contributed by atoms with van der Waals surface area (Å²) in [5.41, 5.74) is 4.00. The van der Waals surface area contributed by atoms with Crippen LogP contribution in [0.25, 0.3) is 5.69 Å². The number of benzene rings is 2. The van der Waals surface area contributed by atoms with Gasteiger partial charge < -0.3 is 5.11 Å². The fourth-order valence-electron chi connectivity index (χ4n) is 7.49. The van der Waals surface area contributed by atoms with Crippen LogP contribution in [0.15, 0.2) is 58.3 Å². The number of non-ortho nitro benzene ring substituents is 1. The molecule has 8 nitrogen and oxygen atoms in total. The van der Waals surface area contributed by atoms with Gasteiger partial charge >= 0.3 is 0 Å². The predicted molar refractivity (Wildman–Crippen MR) is 141 cm³/mol. The highest BCUT2D eigenvalue weighted by atomic mass is 16.6. The second-order valence-electron chi connectivity index (χ2n) is 11.4. The molecule has 0 aliphatic heterocycles. The highest BCUT2D eigenvalue weighted by Gasteiger charge is 2.51. The van der Waals surface area contributed by atoms with E-state index in [1.165, 1.54) is 74.6 Å². The van der Waals surface area contributed by atoms with Gasteiger partial charge in [0.25, 0.3) is 11.2 Å². The minimum atomic E-state index is -0.921. The first-order valence-electron chi connectivity index (χ1n) is 13.2. The lowest BCUT2D eigenvalue weighted by atomic mass is 9.48. The van der Waals surface area contributed by atoms with Crippen LogP contribution in [0.5, 0.6) is 0 Å². The molecule has 192 valence electrons. The molecule has 0 saturated heterocycles. The van der Waals surface area contributed by atoms with Gasteiger partial charge in [-0.3, -0.25) is 25.0 Å². The fourth-order valence-corrected chi connectivity index (χ4v) is 7.49. The quantitative estimate of drug-likeness (QED) is 0.270. The third-order valence-corrected chi connectivity index (χ3v) is 8.88. The number of aliphatic imine (C=N–C) groups is 1. The average molecular weight is 501 g/mol. The second kappa shape index (κ2) is 9.10. The summed E-state index contributed by atoms with van der Waals surface area (Å²) in [5.74, 6) is 2.67. The minimum absolute atomic E-state index is 0.0334. The standard InChI is InChI=1S/C29H32N4O4/c1-18-26(16-30-17-27(34)22-2-6-25(7-3-22)33(36)37)28(35)32(31-18)24-8-4-23(5-9-24)29-13-19-10-20(14-29)12-21(11-19)15-29/h2-9,16,19-21,27,31,34H,10-15,17H2,1H3/t19?,20?,21?,27-,29?/m0/s1. The lowest BCUT2D eigenvalue weighted by Crippen LogP contribution is -2.48. The van der Waals surface area contributed by atoms with Crippen molar-refractivity contribution >= 4 is 11.9 Å². The molecular formula is C29H32N4O4. The molecular weight excluding hydrogens is 468 g/mol. The molecule has 37 heavy (non-hydrogen) atoms. The van der Waals surface area contributed by atoms with E-state index < -0.39 is 11.0 Å². The number of hydrogen-bond acceptors (Lipinski definition) is 5.